The van der Waals surface area contributed by atoms with Gasteiger partial charge in [0.2, 0.25) is 5.88 Å². The van der Waals surface area contributed by atoms with Crippen molar-refractivity contribution in [2.75, 3.05) is 7.11 Å². The zero-order chi connectivity index (χ0) is 13.1. The van der Waals surface area contributed by atoms with Gasteiger partial charge >= 0.3 is 0 Å². The Labute approximate surface area is 110 Å². The van der Waals surface area contributed by atoms with E-state index in [1.54, 1.807) is 11.8 Å². The number of ether oxygens (including phenoxy) is 1. The second kappa shape index (κ2) is 4.94. The highest BCUT2D eigenvalue weighted by Gasteiger charge is 2.08. The van der Waals surface area contributed by atoms with Crippen molar-refractivity contribution < 1.29 is 4.74 Å². The van der Waals surface area contributed by atoms with Crippen LogP contribution in [-0.2, 0) is 4.74 Å². The van der Waals surface area contributed by atoms with E-state index in [4.69, 9.17) is 4.74 Å². The maximum absolute atomic E-state index is 5.43. The monoisotopic (exact) mass is 251 g/mol. The Hall–Kier alpha value is -2.62. The van der Waals surface area contributed by atoms with Crippen LogP contribution in [0, 0.1) is 0 Å². The zero-order valence-electron chi connectivity index (χ0n) is 10.5. The van der Waals surface area contributed by atoms with Gasteiger partial charge in [0.05, 0.1) is 12.6 Å². The van der Waals surface area contributed by atoms with E-state index in [1.807, 2.05) is 60.7 Å². The van der Waals surface area contributed by atoms with Crippen LogP contribution in [0.3, 0.4) is 0 Å². The normalized spacial score (nSPS) is 11.7. The molecule has 94 valence electrons. The average Bonchev–Trinajstić information content (AvgIpc) is 2.90. The van der Waals surface area contributed by atoms with Crippen molar-refractivity contribution in [3.8, 4) is 0 Å². The molecular weight excluding hydrogens is 238 g/mol. The van der Waals surface area contributed by atoms with Gasteiger partial charge in [0.15, 0.2) is 0 Å². The Morgan fingerprint density at radius 1 is 1.05 bits per heavy atom. The average molecular weight is 251 g/mol. The number of rotatable bonds is 3. The number of methoxy groups -OCH3 is 1. The molecular formula is C15H13N3O. The first-order chi connectivity index (χ1) is 9.38. The molecule has 0 fully saturated rings. The first kappa shape index (κ1) is 11.5. The second-order valence-corrected chi connectivity index (χ2v) is 4.09. The van der Waals surface area contributed by atoms with Gasteiger partial charge in [0.25, 0.3) is 0 Å². The zero-order valence-corrected chi connectivity index (χ0v) is 10.5. The van der Waals surface area contributed by atoms with Crippen LogP contribution in [0.1, 0.15) is 5.56 Å². The van der Waals surface area contributed by atoms with E-state index in [9.17, 15) is 0 Å². The smallest absolute Gasteiger partial charge is 0.216 e. The second-order valence-electron chi connectivity index (χ2n) is 4.09. The number of nitrogens with zero attached hydrogens (tertiary/aromatic N) is 3. The summed E-state index contributed by atoms with van der Waals surface area (Å²) in [4.78, 5) is 0. The molecule has 1 aromatic heterocycles. The van der Waals surface area contributed by atoms with Crippen molar-refractivity contribution >= 4 is 23.0 Å². The van der Waals surface area contributed by atoms with Gasteiger partial charge in [0.1, 0.15) is 5.52 Å². The first-order valence-corrected chi connectivity index (χ1v) is 6.00. The summed E-state index contributed by atoms with van der Waals surface area (Å²) in [5.74, 6) is 0.639. The largest absolute Gasteiger partial charge is 0.481 e. The highest BCUT2D eigenvalue weighted by molar-refractivity contribution is 5.79. The predicted octanol–water partition coefficient (Wildman–Crippen LogP) is 3.03. The number of hydrogen-bond acceptors (Lipinski definition) is 3. The van der Waals surface area contributed by atoms with Crippen molar-refractivity contribution in [3.05, 3.63) is 60.2 Å². The molecule has 0 aliphatic rings. The van der Waals surface area contributed by atoms with E-state index in [2.05, 4.69) is 10.3 Å². The summed E-state index contributed by atoms with van der Waals surface area (Å²) in [6.07, 6.45) is 1.93. The fourth-order valence-electron chi connectivity index (χ4n) is 1.93. The molecule has 0 unspecified atom stereocenters. The molecule has 0 bridgehead atoms. The maximum atomic E-state index is 5.43. The highest BCUT2D eigenvalue weighted by atomic mass is 16.5. The van der Waals surface area contributed by atoms with Gasteiger partial charge in [-0.1, -0.05) is 47.7 Å². The Morgan fingerprint density at radius 3 is 2.58 bits per heavy atom. The van der Waals surface area contributed by atoms with Gasteiger partial charge in [-0.2, -0.15) is 4.68 Å². The lowest BCUT2D eigenvalue weighted by molar-refractivity contribution is 0.340. The molecule has 4 heteroatoms. The minimum atomic E-state index is 0.639. The lowest BCUT2D eigenvalue weighted by atomic mass is 10.2. The molecule has 19 heavy (non-hydrogen) atoms. The standard InChI is InChI=1S/C15H13N3O/c1-19-15(11-12-7-3-2-4-8-12)18-14-10-6-5-9-13(14)16-17-18/h2-11H,1H3. The van der Waals surface area contributed by atoms with Crippen LogP contribution in [-0.4, -0.2) is 22.1 Å². The van der Waals surface area contributed by atoms with E-state index in [-0.39, 0.29) is 0 Å². The molecule has 0 saturated carbocycles. The van der Waals surface area contributed by atoms with E-state index >= 15 is 0 Å². The Kier molecular flexibility index (Phi) is 2.98. The van der Waals surface area contributed by atoms with Crippen LogP contribution in [0.25, 0.3) is 23.0 Å². The third kappa shape index (κ3) is 2.20. The summed E-state index contributed by atoms with van der Waals surface area (Å²) in [5.41, 5.74) is 2.82. The topological polar surface area (TPSA) is 39.9 Å². The summed E-state index contributed by atoms with van der Waals surface area (Å²) in [6.45, 7) is 0. The molecule has 2 aromatic carbocycles. The minimum absolute atomic E-state index is 0.639. The molecule has 0 N–H and O–H groups in total. The van der Waals surface area contributed by atoms with Gasteiger partial charge in [-0.05, 0) is 17.7 Å². The summed E-state index contributed by atoms with van der Waals surface area (Å²) in [6, 6.07) is 17.8. The summed E-state index contributed by atoms with van der Waals surface area (Å²) in [7, 11) is 1.63. The molecule has 0 amide bonds. The summed E-state index contributed by atoms with van der Waals surface area (Å²) in [5, 5.41) is 8.26. The first-order valence-electron chi connectivity index (χ1n) is 6.00. The number of aromatic nitrogens is 3. The molecule has 0 saturated heterocycles. The molecule has 0 spiro atoms. The summed E-state index contributed by atoms with van der Waals surface area (Å²) < 4.78 is 7.13. The number of benzene rings is 2. The third-order valence-corrected chi connectivity index (χ3v) is 2.86. The highest BCUT2D eigenvalue weighted by Crippen LogP contribution is 2.17. The van der Waals surface area contributed by atoms with E-state index in [0.717, 1.165) is 16.6 Å². The van der Waals surface area contributed by atoms with Gasteiger partial charge in [-0.25, -0.2) is 0 Å². The molecule has 0 atom stereocenters. The van der Waals surface area contributed by atoms with Crippen LogP contribution < -0.4 is 0 Å². The van der Waals surface area contributed by atoms with Gasteiger partial charge in [-0.3, -0.25) is 0 Å². The fourth-order valence-corrected chi connectivity index (χ4v) is 1.93. The lowest BCUT2D eigenvalue weighted by Crippen LogP contribution is -2.01. The van der Waals surface area contributed by atoms with Crippen molar-refractivity contribution in [3.63, 3.8) is 0 Å². The molecule has 0 aliphatic carbocycles. The number of fused-ring (bicyclic) bond motifs is 1. The van der Waals surface area contributed by atoms with Gasteiger partial charge < -0.3 is 4.74 Å². The van der Waals surface area contributed by atoms with Crippen molar-refractivity contribution in [1.82, 2.24) is 15.0 Å². The van der Waals surface area contributed by atoms with Gasteiger partial charge in [0, 0.05) is 6.08 Å². The Balaban J connectivity index is 2.10. The van der Waals surface area contributed by atoms with E-state index in [1.165, 1.54) is 0 Å². The quantitative estimate of drug-likeness (QED) is 0.672. The number of para-hydroxylation sites is 1. The predicted molar refractivity (Wildman–Crippen MR) is 75.1 cm³/mol. The van der Waals surface area contributed by atoms with Gasteiger partial charge in [-0.15, -0.1) is 5.10 Å². The van der Waals surface area contributed by atoms with Crippen molar-refractivity contribution in [1.29, 1.82) is 0 Å². The van der Waals surface area contributed by atoms with E-state index < -0.39 is 0 Å². The van der Waals surface area contributed by atoms with Crippen LogP contribution in [0.4, 0.5) is 0 Å². The molecule has 1 heterocycles. The maximum Gasteiger partial charge on any atom is 0.216 e. The molecule has 0 aliphatic heterocycles. The molecule has 0 radical (unpaired) electrons. The number of hydrogen-bond donors (Lipinski definition) is 0. The lowest BCUT2D eigenvalue weighted by Gasteiger charge is -2.06. The fraction of sp³-hybridized carbons (Fsp3) is 0.0667. The molecule has 3 rings (SSSR count). The van der Waals surface area contributed by atoms with Crippen molar-refractivity contribution in [2.45, 2.75) is 0 Å². The summed E-state index contributed by atoms with van der Waals surface area (Å²) >= 11 is 0. The van der Waals surface area contributed by atoms with Crippen LogP contribution in [0.2, 0.25) is 0 Å². The SMILES string of the molecule is COC(=Cc1ccccc1)n1nnc2ccccc21. The Bertz CT molecular complexity index is 716. The van der Waals surface area contributed by atoms with E-state index in [0.29, 0.717) is 5.88 Å². The third-order valence-electron chi connectivity index (χ3n) is 2.86. The van der Waals surface area contributed by atoms with Crippen LogP contribution in [0.5, 0.6) is 0 Å². The Morgan fingerprint density at radius 2 is 1.79 bits per heavy atom. The molecule has 3 aromatic rings. The van der Waals surface area contributed by atoms with Crippen LogP contribution >= 0.6 is 0 Å². The molecule has 4 nitrogen and oxygen atoms in total. The van der Waals surface area contributed by atoms with Crippen LogP contribution in [0.15, 0.2) is 54.6 Å². The van der Waals surface area contributed by atoms with Crippen molar-refractivity contribution in [2.24, 2.45) is 0 Å². The minimum Gasteiger partial charge on any atom is -0.481 e.